The molecule has 0 N–H and O–H groups in total. The molecule has 76 heavy (non-hydrogen) atoms. The van der Waals surface area contributed by atoms with Gasteiger partial charge in [-0.15, -0.1) is 0 Å². The van der Waals surface area contributed by atoms with Crippen molar-refractivity contribution in [3.05, 3.63) is 267 Å². The van der Waals surface area contributed by atoms with Gasteiger partial charge in [0.25, 0.3) is 0 Å². The molecule has 16 rings (SSSR count). The first kappa shape index (κ1) is 42.4. The largest absolute Gasteiger partial charge is 0.454 e. The van der Waals surface area contributed by atoms with E-state index >= 15 is 0 Å². The van der Waals surface area contributed by atoms with Crippen molar-refractivity contribution in [3.8, 4) is 22.3 Å². The molecule has 2 aromatic heterocycles. The van der Waals surface area contributed by atoms with Crippen molar-refractivity contribution in [1.82, 2.24) is 0 Å². The van der Waals surface area contributed by atoms with Crippen LogP contribution in [-0.4, -0.2) is 0 Å². The zero-order valence-corrected chi connectivity index (χ0v) is 41.1. The number of benzene rings is 14. The van der Waals surface area contributed by atoms with Crippen LogP contribution in [-0.2, 0) is 0 Å². The highest BCUT2D eigenvalue weighted by atomic mass is 16.3. The van der Waals surface area contributed by atoms with Crippen molar-refractivity contribution in [1.29, 1.82) is 0 Å². The molecule has 0 unspecified atom stereocenters. The lowest BCUT2D eigenvalue weighted by atomic mass is 9.85. The number of para-hydroxylation sites is 4. The highest BCUT2D eigenvalue weighted by molar-refractivity contribution is 6.33. The maximum Gasteiger partial charge on any atom is 0.159 e. The Bertz CT molecular complexity index is 4610. The predicted octanol–water partition coefficient (Wildman–Crippen LogP) is 21.0. The van der Waals surface area contributed by atoms with Crippen LogP contribution < -0.4 is 9.80 Å². The maximum atomic E-state index is 7.06. The smallest absolute Gasteiger partial charge is 0.159 e. The van der Waals surface area contributed by atoms with Gasteiger partial charge in [0, 0.05) is 54.5 Å². The first-order valence-electron chi connectivity index (χ1n) is 26.0. The highest BCUT2D eigenvalue weighted by Gasteiger charge is 2.29. The molecule has 354 valence electrons. The molecule has 14 aromatic carbocycles. The third kappa shape index (κ3) is 6.31. The number of rotatable bonds is 8. The summed E-state index contributed by atoms with van der Waals surface area (Å²) in [6, 6.07) is 96.5. The first-order chi connectivity index (χ1) is 37.7. The molecule has 0 atom stereocenters. The lowest BCUT2D eigenvalue weighted by molar-refractivity contribution is 0.669. The third-order valence-electron chi connectivity index (χ3n) is 15.7. The van der Waals surface area contributed by atoms with E-state index in [0.717, 1.165) is 111 Å². The van der Waals surface area contributed by atoms with E-state index in [1.54, 1.807) is 0 Å². The molecular weight excluding hydrogens is 925 g/mol. The SMILES string of the molecule is c1ccc(-c2cc(N(c3ccccc3)c3cccc4c3oc3ccc5ccccc5c34)c3ccc4c(-c5ccccc5)cc(N(c5ccccc5)c5cccc6c5oc5ccc7ccccc7c56)c5ccc2c3c45)cc1. The fourth-order valence-electron chi connectivity index (χ4n) is 12.5. The molecule has 4 nitrogen and oxygen atoms in total. The number of anilines is 6. The molecule has 0 fully saturated rings. The van der Waals surface area contributed by atoms with Crippen LogP contribution >= 0.6 is 0 Å². The maximum absolute atomic E-state index is 7.06. The van der Waals surface area contributed by atoms with Gasteiger partial charge >= 0.3 is 0 Å². The Kier molecular flexibility index (Phi) is 9.30. The summed E-state index contributed by atoms with van der Waals surface area (Å²) >= 11 is 0. The molecule has 0 saturated heterocycles. The summed E-state index contributed by atoms with van der Waals surface area (Å²) in [4.78, 5) is 4.85. The van der Waals surface area contributed by atoms with Gasteiger partial charge in [0.2, 0.25) is 0 Å². The van der Waals surface area contributed by atoms with E-state index in [4.69, 9.17) is 8.83 Å². The zero-order chi connectivity index (χ0) is 49.8. The quantitative estimate of drug-likeness (QED) is 0.142. The monoisotopic (exact) mass is 968 g/mol. The minimum atomic E-state index is 0.838. The van der Waals surface area contributed by atoms with Crippen molar-refractivity contribution in [2.45, 2.75) is 0 Å². The van der Waals surface area contributed by atoms with Crippen LogP contribution in [0.5, 0.6) is 0 Å². The fourth-order valence-corrected chi connectivity index (χ4v) is 12.5. The van der Waals surface area contributed by atoms with Gasteiger partial charge in [0.05, 0.1) is 22.7 Å². The molecule has 0 aliphatic rings. The Labute approximate surface area is 437 Å². The second kappa shape index (κ2) is 16.7. The molecule has 0 spiro atoms. The number of hydrogen-bond acceptors (Lipinski definition) is 4. The molecule has 0 amide bonds. The van der Waals surface area contributed by atoms with Crippen LogP contribution in [0.1, 0.15) is 0 Å². The standard InChI is InChI=1S/C72H44N2O2/c1-5-19-45(20-6-1)59-43-63(73(49-25-9-3-10-26-49)61-33-17-31-57-67-51-29-15-13-23-47(51)35-41-65(67)75-71(57)61)55-40-38-54-60(46-21-7-2-8-22-46)44-64(56-39-37-53(59)69(55)70(54)56)74(50-27-11-4-12-28-50)62-34-18-32-58-68-52-30-16-14-24-48(52)36-42-66(68)76-72(58)62/h1-44H. The number of nitrogens with zero attached hydrogens (tertiary/aromatic N) is 2. The minimum Gasteiger partial charge on any atom is -0.454 e. The Balaban J connectivity index is 1.04. The summed E-state index contributed by atoms with van der Waals surface area (Å²) in [7, 11) is 0. The summed E-state index contributed by atoms with van der Waals surface area (Å²) in [6.45, 7) is 0. The van der Waals surface area contributed by atoms with Crippen molar-refractivity contribution in [2.24, 2.45) is 0 Å². The zero-order valence-electron chi connectivity index (χ0n) is 41.1. The average molecular weight is 969 g/mol. The third-order valence-corrected chi connectivity index (χ3v) is 15.7. The summed E-state index contributed by atoms with van der Waals surface area (Å²) in [5.41, 5.74) is 14.1. The van der Waals surface area contributed by atoms with Crippen LogP contribution in [0, 0.1) is 0 Å². The summed E-state index contributed by atoms with van der Waals surface area (Å²) in [5.74, 6) is 0. The average Bonchev–Trinajstić information content (AvgIpc) is 4.20. The van der Waals surface area contributed by atoms with Gasteiger partial charge in [-0.25, -0.2) is 0 Å². The molecule has 0 saturated carbocycles. The van der Waals surface area contributed by atoms with Gasteiger partial charge < -0.3 is 18.6 Å². The summed E-state index contributed by atoms with van der Waals surface area (Å²) in [5, 5.41) is 16.1. The molecule has 0 aliphatic heterocycles. The van der Waals surface area contributed by atoms with Crippen LogP contribution in [0.25, 0.3) is 120 Å². The minimum absolute atomic E-state index is 0.838. The van der Waals surface area contributed by atoms with Crippen LogP contribution in [0.3, 0.4) is 0 Å². The predicted molar refractivity (Wildman–Crippen MR) is 320 cm³/mol. The summed E-state index contributed by atoms with van der Waals surface area (Å²) < 4.78 is 14.1. The second-order valence-electron chi connectivity index (χ2n) is 19.9. The van der Waals surface area contributed by atoms with Crippen LogP contribution in [0.2, 0.25) is 0 Å². The second-order valence-corrected chi connectivity index (χ2v) is 19.9. The normalized spacial score (nSPS) is 11.9. The van der Waals surface area contributed by atoms with Gasteiger partial charge in [-0.2, -0.15) is 0 Å². The van der Waals surface area contributed by atoms with Gasteiger partial charge in [0.15, 0.2) is 11.2 Å². The van der Waals surface area contributed by atoms with E-state index in [0.29, 0.717) is 0 Å². The van der Waals surface area contributed by atoms with E-state index in [1.807, 2.05) is 0 Å². The van der Waals surface area contributed by atoms with Gasteiger partial charge in [-0.3, -0.25) is 0 Å². The number of fused-ring (bicyclic) bond motifs is 10. The first-order valence-corrected chi connectivity index (χ1v) is 26.0. The Morgan fingerprint density at radius 1 is 0.237 bits per heavy atom. The highest BCUT2D eigenvalue weighted by Crippen LogP contribution is 2.54. The van der Waals surface area contributed by atoms with Crippen molar-refractivity contribution in [2.75, 3.05) is 9.80 Å². The Morgan fingerprint density at radius 2 is 0.605 bits per heavy atom. The Morgan fingerprint density at radius 3 is 1.04 bits per heavy atom. The van der Waals surface area contributed by atoms with Crippen LogP contribution in [0.15, 0.2) is 276 Å². The van der Waals surface area contributed by atoms with E-state index < -0.39 is 0 Å². The number of furan rings is 2. The Hall–Kier alpha value is -10.2. The van der Waals surface area contributed by atoms with Crippen LogP contribution in [0.4, 0.5) is 34.1 Å². The van der Waals surface area contributed by atoms with Crippen molar-refractivity contribution >= 4 is 132 Å². The molecule has 4 heteroatoms. The molecule has 0 bridgehead atoms. The van der Waals surface area contributed by atoms with E-state index in [1.165, 1.54) is 43.1 Å². The van der Waals surface area contributed by atoms with E-state index in [9.17, 15) is 0 Å². The molecule has 16 aromatic rings. The fraction of sp³-hybridized carbons (Fsp3) is 0. The van der Waals surface area contributed by atoms with Gasteiger partial charge in [-0.1, -0.05) is 206 Å². The molecular formula is C72H44N2O2. The molecule has 2 heterocycles. The molecule has 0 radical (unpaired) electrons. The van der Waals surface area contributed by atoms with Crippen molar-refractivity contribution in [3.63, 3.8) is 0 Å². The van der Waals surface area contributed by atoms with Gasteiger partial charge in [0.1, 0.15) is 11.2 Å². The van der Waals surface area contributed by atoms with Gasteiger partial charge in [-0.05, 0) is 115 Å². The lowest BCUT2D eigenvalue weighted by Gasteiger charge is -2.31. The molecule has 0 aliphatic carbocycles. The summed E-state index contributed by atoms with van der Waals surface area (Å²) in [6.07, 6.45) is 0. The van der Waals surface area contributed by atoms with E-state index in [2.05, 4.69) is 277 Å². The number of hydrogen-bond donors (Lipinski definition) is 0. The lowest BCUT2D eigenvalue weighted by Crippen LogP contribution is -2.12. The topological polar surface area (TPSA) is 32.8 Å². The van der Waals surface area contributed by atoms with Crippen molar-refractivity contribution < 1.29 is 8.83 Å². The van der Waals surface area contributed by atoms with E-state index in [-0.39, 0.29) is 0 Å².